The van der Waals surface area contributed by atoms with Gasteiger partial charge >= 0.3 is 0 Å². The van der Waals surface area contributed by atoms with Crippen molar-refractivity contribution in [1.29, 1.82) is 0 Å². The van der Waals surface area contributed by atoms with Gasteiger partial charge in [0.05, 0.1) is 7.11 Å². The van der Waals surface area contributed by atoms with Crippen LogP contribution in [0.2, 0.25) is 0 Å². The third-order valence-corrected chi connectivity index (χ3v) is 4.57. The second-order valence-electron chi connectivity index (χ2n) is 5.40. The molecule has 0 aromatic heterocycles. The number of benzene rings is 2. The van der Waals surface area contributed by atoms with Crippen LogP contribution in [0.25, 0.3) is 0 Å². The number of thioether (sulfide) groups is 1. The highest BCUT2D eigenvalue weighted by Gasteiger charge is 2.06. The van der Waals surface area contributed by atoms with E-state index < -0.39 is 0 Å². The molecule has 128 valence electrons. The molecule has 24 heavy (non-hydrogen) atoms. The van der Waals surface area contributed by atoms with E-state index in [9.17, 15) is 0 Å². The van der Waals surface area contributed by atoms with E-state index >= 15 is 0 Å². The van der Waals surface area contributed by atoms with E-state index in [0.717, 1.165) is 23.8 Å². The van der Waals surface area contributed by atoms with E-state index in [1.165, 1.54) is 4.90 Å². The average molecular weight is 343 g/mol. The number of hydrogen-bond acceptors (Lipinski definition) is 3. The minimum atomic E-state index is 0.447. The number of ether oxygens (including phenoxy) is 1. The van der Waals surface area contributed by atoms with Crippen LogP contribution in [0.1, 0.15) is 12.5 Å². The maximum atomic E-state index is 5.25. The fourth-order valence-electron chi connectivity index (χ4n) is 2.20. The molecular formula is C19H25N3OS. The van der Waals surface area contributed by atoms with Gasteiger partial charge in [-0.15, -0.1) is 11.8 Å². The summed E-state index contributed by atoms with van der Waals surface area (Å²) in [5, 5.41) is 7.15. The van der Waals surface area contributed by atoms with Gasteiger partial charge in [-0.05, 0) is 29.8 Å². The molecule has 0 aliphatic carbocycles. The molecule has 0 fully saturated rings. The normalized spacial score (nSPS) is 12.5. The van der Waals surface area contributed by atoms with E-state index in [1.807, 2.05) is 36.0 Å². The fourth-order valence-corrected chi connectivity index (χ4v) is 3.15. The molecule has 4 nitrogen and oxygen atoms in total. The second-order valence-corrected chi connectivity index (χ2v) is 6.91. The van der Waals surface area contributed by atoms with E-state index in [1.54, 1.807) is 14.2 Å². The molecule has 0 saturated heterocycles. The molecule has 0 heterocycles. The number of guanidine groups is 1. The summed E-state index contributed by atoms with van der Waals surface area (Å²) in [5.41, 5.74) is 1.16. The largest absolute Gasteiger partial charge is 0.497 e. The Labute approximate surface area is 148 Å². The average Bonchev–Trinajstić information content (AvgIpc) is 2.63. The first-order chi connectivity index (χ1) is 11.7. The Balaban J connectivity index is 1.77. The predicted molar refractivity (Wildman–Crippen MR) is 103 cm³/mol. The number of aliphatic imine (C=N–C) groups is 1. The SMILES string of the molecule is CN=C(NCc1cccc(OC)c1)NCC(C)Sc1ccccc1. The Kier molecular flexibility index (Phi) is 7.49. The van der Waals surface area contributed by atoms with Crippen molar-refractivity contribution in [3.8, 4) is 5.75 Å². The number of methoxy groups -OCH3 is 1. The lowest BCUT2D eigenvalue weighted by Gasteiger charge is -2.16. The first-order valence-electron chi connectivity index (χ1n) is 8.00. The number of hydrogen-bond donors (Lipinski definition) is 2. The molecule has 0 radical (unpaired) electrons. The van der Waals surface area contributed by atoms with Gasteiger partial charge in [-0.1, -0.05) is 37.3 Å². The van der Waals surface area contributed by atoms with Crippen molar-refractivity contribution in [1.82, 2.24) is 10.6 Å². The zero-order chi connectivity index (χ0) is 17.2. The van der Waals surface area contributed by atoms with Gasteiger partial charge in [0.2, 0.25) is 0 Å². The van der Waals surface area contributed by atoms with Crippen LogP contribution < -0.4 is 15.4 Å². The highest BCUT2D eigenvalue weighted by atomic mass is 32.2. The summed E-state index contributed by atoms with van der Waals surface area (Å²) in [6, 6.07) is 18.5. The van der Waals surface area contributed by atoms with E-state index in [4.69, 9.17) is 4.74 Å². The molecule has 2 aromatic carbocycles. The molecule has 0 saturated carbocycles. The first kappa shape index (κ1) is 18.2. The Morgan fingerprint density at radius 3 is 2.62 bits per heavy atom. The highest BCUT2D eigenvalue weighted by molar-refractivity contribution is 8.00. The van der Waals surface area contributed by atoms with Crippen LogP contribution in [0.4, 0.5) is 0 Å². The zero-order valence-corrected chi connectivity index (χ0v) is 15.3. The molecule has 5 heteroatoms. The fraction of sp³-hybridized carbons (Fsp3) is 0.316. The molecular weight excluding hydrogens is 318 g/mol. The Morgan fingerprint density at radius 2 is 1.92 bits per heavy atom. The van der Waals surface area contributed by atoms with Crippen LogP contribution in [0.5, 0.6) is 5.75 Å². The summed E-state index contributed by atoms with van der Waals surface area (Å²) in [6.07, 6.45) is 0. The molecule has 1 unspecified atom stereocenters. The van der Waals surface area contributed by atoms with Gasteiger partial charge < -0.3 is 15.4 Å². The predicted octanol–water partition coefficient (Wildman–Crippen LogP) is 3.54. The van der Waals surface area contributed by atoms with Crippen molar-refractivity contribution in [2.75, 3.05) is 20.7 Å². The van der Waals surface area contributed by atoms with E-state index in [2.05, 4.69) is 52.9 Å². The third-order valence-electron chi connectivity index (χ3n) is 3.46. The smallest absolute Gasteiger partial charge is 0.191 e. The van der Waals surface area contributed by atoms with Crippen molar-refractivity contribution < 1.29 is 4.74 Å². The number of rotatable bonds is 7. The quantitative estimate of drug-likeness (QED) is 0.458. The summed E-state index contributed by atoms with van der Waals surface area (Å²) in [7, 11) is 3.47. The monoisotopic (exact) mass is 343 g/mol. The summed E-state index contributed by atoms with van der Waals surface area (Å²) in [5.74, 6) is 1.67. The second kappa shape index (κ2) is 9.88. The number of nitrogens with zero attached hydrogens (tertiary/aromatic N) is 1. The van der Waals surface area contributed by atoms with E-state index in [-0.39, 0.29) is 0 Å². The molecule has 2 N–H and O–H groups in total. The van der Waals surface area contributed by atoms with Gasteiger partial charge in [0, 0.05) is 30.3 Å². The van der Waals surface area contributed by atoms with Gasteiger partial charge in [0.1, 0.15) is 5.75 Å². The maximum absolute atomic E-state index is 5.25. The molecule has 1 atom stereocenters. The molecule has 2 rings (SSSR count). The maximum Gasteiger partial charge on any atom is 0.191 e. The van der Waals surface area contributed by atoms with Gasteiger partial charge in [-0.25, -0.2) is 0 Å². The van der Waals surface area contributed by atoms with Gasteiger partial charge in [-0.3, -0.25) is 4.99 Å². The summed E-state index contributed by atoms with van der Waals surface area (Å²) < 4.78 is 5.25. The van der Waals surface area contributed by atoms with Crippen LogP contribution in [-0.2, 0) is 6.54 Å². The Bertz CT molecular complexity index is 646. The van der Waals surface area contributed by atoms with Gasteiger partial charge in [-0.2, -0.15) is 0 Å². The first-order valence-corrected chi connectivity index (χ1v) is 8.88. The molecule has 0 amide bonds. The van der Waals surface area contributed by atoms with Crippen molar-refractivity contribution in [2.24, 2.45) is 4.99 Å². The lowest BCUT2D eigenvalue weighted by Crippen LogP contribution is -2.39. The van der Waals surface area contributed by atoms with Crippen molar-refractivity contribution >= 4 is 17.7 Å². The third kappa shape index (κ3) is 6.16. The molecule has 0 bridgehead atoms. The van der Waals surface area contributed by atoms with Crippen LogP contribution in [0, 0.1) is 0 Å². The molecule has 2 aromatic rings. The van der Waals surface area contributed by atoms with Crippen molar-refractivity contribution in [3.63, 3.8) is 0 Å². The van der Waals surface area contributed by atoms with Gasteiger partial charge in [0.25, 0.3) is 0 Å². The standard InChI is InChI=1S/C19H25N3OS/c1-15(24-18-10-5-4-6-11-18)13-21-19(20-2)22-14-16-8-7-9-17(12-16)23-3/h4-12,15H,13-14H2,1-3H3,(H2,20,21,22). The Hall–Kier alpha value is -2.14. The Morgan fingerprint density at radius 1 is 1.12 bits per heavy atom. The van der Waals surface area contributed by atoms with Crippen LogP contribution in [0.15, 0.2) is 64.5 Å². The van der Waals surface area contributed by atoms with Crippen LogP contribution in [-0.4, -0.2) is 31.9 Å². The minimum absolute atomic E-state index is 0.447. The molecule has 0 aliphatic rings. The van der Waals surface area contributed by atoms with Gasteiger partial charge in [0.15, 0.2) is 5.96 Å². The summed E-state index contributed by atoms with van der Waals surface area (Å²) >= 11 is 1.85. The zero-order valence-electron chi connectivity index (χ0n) is 14.5. The summed E-state index contributed by atoms with van der Waals surface area (Å²) in [4.78, 5) is 5.56. The highest BCUT2D eigenvalue weighted by Crippen LogP contribution is 2.21. The minimum Gasteiger partial charge on any atom is -0.497 e. The molecule has 0 spiro atoms. The van der Waals surface area contributed by atoms with Crippen molar-refractivity contribution in [3.05, 3.63) is 60.2 Å². The lowest BCUT2D eigenvalue weighted by molar-refractivity contribution is 0.414. The van der Waals surface area contributed by atoms with E-state index in [0.29, 0.717) is 11.8 Å². The van der Waals surface area contributed by atoms with Crippen LogP contribution >= 0.6 is 11.8 Å². The van der Waals surface area contributed by atoms with Crippen LogP contribution in [0.3, 0.4) is 0 Å². The number of nitrogens with one attached hydrogen (secondary N) is 2. The molecule has 0 aliphatic heterocycles. The lowest BCUT2D eigenvalue weighted by atomic mass is 10.2. The topological polar surface area (TPSA) is 45.7 Å². The summed E-state index contributed by atoms with van der Waals surface area (Å²) in [6.45, 7) is 3.76. The van der Waals surface area contributed by atoms with Crippen molar-refractivity contribution in [2.45, 2.75) is 23.6 Å².